The van der Waals surface area contributed by atoms with Gasteiger partial charge in [-0.15, -0.1) is 0 Å². The van der Waals surface area contributed by atoms with Crippen LogP contribution in [-0.4, -0.2) is 42.4 Å². The average Bonchev–Trinajstić information content (AvgIpc) is 2.52. The van der Waals surface area contributed by atoms with Crippen molar-refractivity contribution in [3.05, 3.63) is 35.6 Å². The summed E-state index contributed by atoms with van der Waals surface area (Å²) in [4.78, 5) is 36.3. The highest BCUT2D eigenvalue weighted by Gasteiger charge is 2.26. The van der Waals surface area contributed by atoms with E-state index in [0.29, 0.717) is 31.5 Å². The Balaban J connectivity index is 1.74. The summed E-state index contributed by atoms with van der Waals surface area (Å²) in [6.45, 7) is 0.497. The number of carbonyl (C=O) groups is 3. The van der Waals surface area contributed by atoms with E-state index in [4.69, 9.17) is 10.5 Å². The molecule has 2 rings (SSSR count). The maximum absolute atomic E-state index is 13.0. The molecule has 0 radical (unpaired) electrons. The lowest BCUT2D eigenvalue weighted by Crippen LogP contribution is -2.43. The van der Waals surface area contributed by atoms with E-state index in [1.54, 1.807) is 11.0 Å². The number of esters is 1. The second-order valence-corrected chi connectivity index (χ2v) is 5.52. The van der Waals surface area contributed by atoms with E-state index in [9.17, 15) is 18.8 Å². The van der Waals surface area contributed by atoms with Crippen LogP contribution in [0.1, 0.15) is 18.4 Å². The minimum absolute atomic E-state index is 0.0885. The van der Waals surface area contributed by atoms with E-state index >= 15 is 0 Å². The van der Waals surface area contributed by atoms with Crippen LogP contribution in [0.15, 0.2) is 24.3 Å². The molecule has 1 saturated heterocycles. The van der Waals surface area contributed by atoms with Crippen molar-refractivity contribution in [1.82, 2.24) is 4.90 Å². The number of halogens is 1. The fourth-order valence-corrected chi connectivity index (χ4v) is 2.51. The van der Waals surface area contributed by atoms with E-state index in [-0.39, 0.29) is 30.8 Å². The van der Waals surface area contributed by atoms with Crippen molar-refractivity contribution in [3.8, 4) is 0 Å². The standard InChI is InChI=1S/C16H19FN2O4/c17-13-3-1-2-11(8-13)9-15(21)23-10-14(20)19-6-4-12(5-7-19)16(18)22/h1-3,8,12H,4-7,9-10H2,(H2,18,22). The lowest BCUT2D eigenvalue weighted by Gasteiger charge is -2.30. The van der Waals surface area contributed by atoms with Crippen LogP contribution in [0.4, 0.5) is 4.39 Å². The summed E-state index contributed by atoms with van der Waals surface area (Å²) >= 11 is 0. The SMILES string of the molecule is NC(=O)C1CCN(C(=O)COC(=O)Cc2cccc(F)c2)CC1. The van der Waals surface area contributed by atoms with Gasteiger partial charge in [-0.2, -0.15) is 0 Å². The van der Waals surface area contributed by atoms with Crippen LogP contribution >= 0.6 is 0 Å². The Morgan fingerprint density at radius 1 is 1.26 bits per heavy atom. The van der Waals surface area contributed by atoms with Crippen LogP contribution in [0.5, 0.6) is 0 Å². The van der Waals surface area contributed by atoms with Gasteiger partial charge in [-0.25, -0.2) is 4.39 Å². The molecule has 124 valence electrons. The third-order valence-electron chi connectivity index (χ3n) is 3.84. The molecule has 7 heteroatoms. The van der Waals surface area contributed by atoms with Gasteiger partial charge >= 0.3 is 5.97 Å². The van der Waals surface area contributed by atoms with E-state index in [2.05, 4.69) is 0 Å². The number of ether oxygens (including phenoxy) is 1. The molecular formula is C16H19FN2O4. The zero-order valence-corrected chi connectivity index (χ0v) is 12.7. The highest BCUT2D eigenvalue weighted by Crippen LogP contribution is 2.16. The van der Waals surface area contributed by atoms with Gasteiger partial charge in [0.25, 0.3) is 5.91 Å². The number of likely N-dealkylation sites (tertiary alicyclic amines) is 1. The number of primary amides is 1. The summed E-state index contributed by atoms with van der Waals surface area (Å²) in [6, 6.07) is 5.65. The second kappa shape index (κ2) is 7.71. The van der Waals surface area contributed by atoms with E-state index in [0.717, 1.165) is 0 Å². The molecule has 2 amide bonds. The third-order valence-corrected chi connectivity index (χ3v) is 3.84. The fraction of sp³-hybridized carbons (Fsp3) is 0.438. The van der Waals surface area contributed by atoms with E-state index in [1.807, 2.05) is 0 Å². The fourth-order valence-electron chi connectivity index (χ4n) is 2.51. The third kappa shape index (κ3) is 5.05. The molecule has 6 nitrogen and oxygen atoms in total. The monoisotopic (exact) mass is 322 g/mol. The molecule has 0 aromatic heterocycles. The van der Waals surface area contributed by atoms with Gasteiger partial charge in [0.2, 0.25) is 5.91 Å². The Morgan fingerprint density at radius 2 is 1.96 bits per heavy atom. The molecule has 1 aromatic carbocycles. The normalized spacial score (nSPS) is 15.3. The molecule has 1 aliphatic rings. The Morgan fingerprint density at radius 3 is 2.57 bits per heavy atom. The van der Waals surface area contributed by atoms with Crippen molar-refractivity contribution in [3.63, 3.8) is 0 Å². The number of carbonyl (C=O) groups excluding carboxylic acids is 3. The Hall–Kier alpha value is -2.44. The lowest BCUT2D eigenvalue weighted by molar-refractivity contribution is -0.152. The van der Waals surface area contributed by atoms with Crippen molar-refractivity contribution in [2.45, 2.75) is 19.3 Å². The molecule has 0 spiro atoms. The number of piperidine rings is 1. The van der Waals surface area contributed by atoms with Crippen LogP contribution in [-0.2, 0) is 25.5 Å². The van der Waals surface area contributed by atoms with Crippen LogP contribution in [0.3, 0.4) is 0 Å². The first-order valence-corrected chi connectivity index (χ1v) is 7.43. The maximum atomic E-state index is 13.0. The topological polar surface area (TPSA) is 89.7 Å². The summed E-state index contributed by atoms with van der Waals surface area (Å²) < 4.78 is 17.9. The van der Waals surface area contributed by atoms with Crippen molar-refractivity contribution in [2.24, 2.45) is 11.7 Å². The summed E-state index contributed by atoms with van der Waals surface area (Å²) in [7, 11) is 0. The largest absolute Gasteiger partial charge is 0.455 e. The summed E-state index contributed by atoms with van der Waals surface area (Å²) in [5, 5.41) is 0. The number of nitrogens with zero attached hydrogens (tertiary/aromatic N) is 1. The zero-order chi connectivity index (χ0) is 16.8. The van der Waals surface area contributed by atoms with Gasteiger partial charge in [-0.1, -0.05) is 12.1 Å². The molecule has 2 N–H and O–H groups in total. The van der Waals surface area contributed by atoms with E-state index < -0.39 is 11.8 Å². The number of hydrogen-bond acceptors (Lipinski definition) is 4. The number of nitrogens with two attached hydrogens (primary N) is 1. The van der Waals surface area contributed by atoms with Crippen molar-refractivity contribution in [2.75, 3.05) is 19.7 Å². The minimum Gasteiger partial charge on any atom is -0.455 e. The lowest BCUT2D eigenvalue weighted by atomic mass is 9.96. The van der Waals surface area contributed by atoms with Crippen LogP contribution in [0.25, 0.3) is 0 Å². The van der Waals surface area contributed by atoms with Gasteiger partial charge in [-0.05, 0) is 30.5 Å². The molecule has 1 aromatic rings. The van der Waals surface area contributed by atoms with E-state index in [1.165, 1.54) is 18.2 Å². The molecule has 0 atom stereocenters. The Bertz CT molecular complexity index is 597. The van der Waals surface area contributed by atoms with Crippen molar-refractivity contribution < 1.29 is 23.5 Å². The van der Waals surface area contributed by atoms with Crippen molar-refractivity contribution in [1.29, 1.82) is 0 Å². The molecular weight excluding hydrogens is 303 g/mol. The first-order chi connectivity index (χ1) is 11.0. The number of benzene rings is 1. The van der Waals surface area contributed by atoms with Crippen LogP contribution in [0, 0.1) is 11.7 Å². The highest BCUT2D eigenvalue weighted by atomic mass is 19.1. The molecule has 0 unspecified atom stereocenters. The smallest absolute Gasteiger partial charge is 0.310 e. The molecule has 1 aliphatic heterocycles. The maximum Gasteiger partial charge on any atom is 0.310 e. The van der Waals surface area contributed by atoms with Crippen LogP contribution < -0.4 is 5.73 Å². The number of amides is 2. The van der Waals surface area contributed by atoms with Gasteiger partial charge in [0.05, 0.1) is 6.42 Å². The number of rotatable bonds is 5. The quantitative estimate of drug-likeness (QED) is 0.805. The summed E-state index contributed by atoms with van der Waals surface area (Å²) in [5.74, 6) is -1.87. The molecule has 0 bridgehead atoms. The Labute approximate surface area is 133 Å². The molecule has 23 heavy (non-hydrogen) atoms. The molecule has 1 fully saturated rings. The Kier molecular flexibility index (Phi) is 5.67. The summed E-state index contributed by atoms with van der Waals surface area (Å²) in [6.07, 6.45) is 0.964. The average molecular weight is 322 g/mol. The van der Waals surface area contributed by atoms with Crippen LogP contribution in [0.2, 0.25) is 0 Å². The first-order valence-electron chi connectivity index (χ1n) is 7.43. The molecule has 0 aliphatic carbocycles. The summed E-state index contributed by atoms with van der Waals surface area (Å²) in [5.41, 5.74) is 5.72. The van der Waals surface area contributed by atoms with Gasteiger partial charge in [0, 0.05) is 19.0 Å². The van der Waals surface area contributed by atoms with Gasteiger partial charge in [-0.3, -0.25) is 14.4 Å². The predicted octanol–water partition coefficient (Wildman–Crippen LogP) is 0.635. The molecule has 1 heterocycles. The zero-order valence-electron chi connectivity index (χ0n) is 12.7. The number of hydrogen-bond donors (Lipinski definition) is 1. The predicted molar refractivity (Wildman–Crippen MR) is 79.6 cm³/mol. The van der Waals surface area contributed by atoms with Gasteiger partial charge in [0.1, 0.15) is 5.82 Å². The highest BCUT2D eigenvalue weighted by molar-refractivity contribution is 5.82. The minimum atomic E-state index is -0.587. The van der Waals surface area contributed by atoms with Gasteiger partial charge < -0.3 is 15.4 Å². The van der Waals surface area contributed by atoms with Gasteiger partial charge in [0.15, 0.2) is 6.61 Å². The molecule has 0 saturated carbocycles. The second-order valence-electron chi connectivity index (χ2n) is 5.52. The first kappa shape index (κ1) is 16.9. The van der Waals surface area contributed by atoms with Crippen molar-refractivity contribution >= 4 is 17.8 Å².